The third kappa shape index (κ3) is 6.40. The van der Waals surface area contributed by atoms with Gasteiger partial charge in [-0.15, -0.1) is 0 Å². The highest BCUT2D eigenvalue weighted by Gasteiger charge is 2.16. The molecule has 0 unspecified atom stereocenters. The van der Waals surface area contributed by atoms with Gasteiger partial charge in [0.1, 0.15) is 17.2 Å². The molecule has 0 aliphatic heterocycles. The van der Waals surface area contributed by atoms with Gasteiger partial charge in [-0.05, 0) is 45.4 Å². The second-order valence-electron chi connectivity index (χ2n) is 7.09. The molecule has 2 rings (SSSR count). The molecule has 2 N–H and O–H groups in total. The molecule has 1 aromatic heterocycles. The van der Waals surface area contributed by atoms with Crippen molar-refractivity contribution >= 4 is 12.0 Å². The first-order valence-electron chi connectivity index (χ1n) is 8.68. The van der Waals surface area contributed by atoms with Crippen LogP contribution in [0.3, 0.4) is 0 Å². The first kappa shape index (κ1) is 20.4. The van der Waals surface area contributed by atoms with E-state index in [0.29, 0.717) is 17.1 Å². The Hall–Kier alpha value is -2.90. The lowest BCUT2D eigenvalue weighted by Gasteiger charge is -2.19. The van der Waals surface area contributed by atoms with Gasteiger partial charge in [0, 0.05) is 31.9 Å². The van der Waals surface area contributed by atoms with Gasteiger partial charge in [0.25, 0.3) is 0 Å². The quantitative estimate of drug-likeness (QED) is 0.812. The number of alkyl carbamates (subject to hydrolysis) is 1. The molecule has 146 valence electrons. The van der Waals surface area contributed by atoms with E-state index in [0.717, 1.165) is 0 Å². The average molecular weight is 376 g/mol. The molecule has 1 aromatic carbocycles. The SMILES string of the molecule is Cc1nccn1-c1ccc(CNC(=O)CCNC(=O)OC(C)(C)C)cc1F. The zero-order valence-electron chi connectivity index (χ0n) is 16.0. The van der Waals surface area contributed by atoms with Crippen LogP contribution < -0.4 is 10.6 Å². The predicted molar refractivity (Wildman–Crippen MR) is 99.0 cm³/mol. The van der Waals surface area contributed by atoms with E-state index in [-0.39, 0.29) is 25.4 Å². The van der Waals surface area contributed by atoms with E-state index in [9.17, 15) is 14.0 Å². The lowest BCUT2D eigenvalue weighted by molar-refractivity contribution is -0.121. The van der Waals surface area contributed by atoms with Crippen LogP contribution in [0.15, 0.2) is 30.6 Å². The first-order valence-corrected chi connectivity index (χ1v) is 8.68. The van der Waals surface area contributed by atoms with Crippen molar-refractivity contribution in [3.05, 3.63) is 47.8 Å². The van der Waals surface area contributed by atoms with Crippen LogP contribution in [0.1, 0.15) is 38.6 Å². The Balaban J connectivity index is 1.79. The van der Waals surface area contributed by atoms with Gasteiger partial charge in [-0.2, -0.15) is 0 Å². The predicted octanol–water partition coefficient (Wildman–Crippen LogP) is 2.85. The van der Waals surface area contributed by atoms with Gasteiger partial charge >= 0.3 is 6.09 Å². The summed E-state index contributed by atoms with van der Waals surface area (Å²) in [6.45, 7) is 7.44. The van der Waals surface area contributed by atoms with Gasteiger partial charge in [0.15, 0.2) is 0 Å². The number of nitrogens with one attached hydrogen (secondary N) is 2. The number of aryl methyl sites for hydroxylation is 1. The average Bonchev–Trinajstić information content (AvgIpc) is 2.97. The zero-order chi connectivity index (χ0) is 20.0. The largest absolute Gasteiger partial charge is 0.444 e. The standard InChI is InChI=1S/C19H25FN4O3/c1-13-21-9-10-24(13)16-6-5-14(11-15(16)20)12-23-17(25)7-8-22-18(26)27-19(2,3)4/h5-6,9-11H,7-8,12H2,1-4H3,(H,22,26)(H,23,25). The molecule has 0 saturated carbocycles. The number of carbonyl (C=O) groups excluding carboxylic acids is 2. The molecule has 2 aromatic rings. The number of ether oxygens (including phenoxy) is 1. The number of nitrogens with zero attached hydrogens (tertiary/aromatic N) is 2. The molecule has 7 nitrogen and oxygen atoms in total. The molecule has 0 atom stereocenters. The second kappa shape index (κ2) is 8.66. The Labute approximate surface area is 157 Å². The Morgan fingerprint density at radius 1 is 1.26 bits per heavy atom. The summed E-state index contributed by atoms with van der Waals surface area (Å²) in [6.07, 6.45) is 2.83. The Bertz CT molecular complexity index is 812. The van der Waals surface area contributed by atoms with Gasteiger partial charge < -0.3 is 19.9 Å². The molecular weight excluding hydrogens is 351 g/mol. The molecule has 27 heavy (non-hydrogen) atoms. The maximum Gasteiger partial charge on any atom is 0.407 e. The highest BCUT2D eigenvalue weighted by atomic mass is 19.1. The van der Waals surface area contributed by atoms with Gasteiger partial charge in [0.2, 0.25) is 5.91 Å². The number of hydrogen-bond acceptors (Lipinski definition) is 4. The summed E-state index contributed by atoms with van der Waals surface area (Å²) in [5, 5.41) is 5.21. The van der Waals surface area contributed by atoms with Gasteiger partial charge in [-0.1, -0.05) is 6.07 Å². The van der Waals surface area contributed by atoms with E-state index in [1.165, 1.54) is 6.07 Å². The van der Waals surface area contributed by atoms with Crippen molar-refractivity contribution in [1.82, 2.24) is 20.2 Å². The number of hydrogen-bond donors (Lipinski definition) is 2. The molecule has 8 heteroatoms. The number of aromatic nitrogens is 2. The van der Waals surface area contributed by atoms with Gasteiger partial charge in [-0.3, -0.25) is 4.79 Å². The number of rotatable bonds is 6. The van der Waals surface area contributed by atoms with Crippen LogP contribution in [0.4, 0.5) is 9.18 Å². The molecule has 0 aliphatic carbocycles. The summed E-state index contributed by atoms with van der Waals surface area (Å²) in [4.78, 5) is 27.4. The molecule has 0 bridgehead atoms. The summed E-state index contributed by atoms with van der Waals surface area (Å²) in [7, 11) is 0. The van der Waals surface area contributed by atoms with Crippen molar-refractivity contribution in [2.45, 2.75) is 46.3 Å². The summed E-state index contributed by atoms with van der Waals surface area (Å²) in [5.41, 5.74) is 0.460. The van der Waals surface area contributed by atoms with Crippen LogP contribution in [-0.4, -0.2) is 33.7 Å². The van der Waals surface area contributed by atoms with E-state index >= 15 is 0 Å². The molecular formula is C19H25FN4O3. The minimum Gasteiger partial charge on any atom is -0.444 e. The third-order valence-electron chi connectivity index (χ3n) is 3.61. The fourth-order valence-electron chi connectivity index (χ4n) is 2.37. The molecule has 0 aliphatic rings. The van der Waals surface area contributed by atoms with Crippen molar-refractivity contribution in [2.75, 3.05) is 6.54 Å². The van der Waals surface area contributed by atoms with Crippen LogP contribution in [0, 0.1) is 12.7 Å². The van der Waals surface area contributed by atoms with Crippen molar-refractivity contribution in [1.29, 1.82) is 0 Å². The number of amides is 2. The Morgan fingerprint density at radius 3 is 2.59 bits per heavy atom. The minimum absolute atomic E-state index is 0.105. The summed E-state index contributed by atoms with van der Waals surface area (Å²) in [5.74, 6) is 0.0443. The smallest absolute Gasteiger partial charge is 0.407 e. The maximum absolute atomic E-state index is 14.3. The van der Waals surface area contributed by atoms with Crippen LogP contribution >= 0.6 is 0 Å². The van der Waals surface area contributed by atoms with Crippen molar-refractivity contribution in [2.24, 2.45) is 0 Å². The van der Waals surface area contributed by atoms with Crippen molar-refractivity contribution < 1.29 is 18.7 Å². The summed E-state index contributed by atoms with van der Waals surface area (Å²) < 4.78 is 21.1. The maximum atomic E-state index is 14.3. The fourth-order valence-corrected chi connectivity index (χ4v) is 2.37. The van der Waals surface area contributed by atoms with Crippen LogP contribution in [0.25, 0.3) is 5.69 Å². The second-order valence-corrected chi connectivity index (χ2v) is 7.09. The van der Waals surface area contributed by atoms with Crippen LogP contribution in [-0.2, 0) is 16.1 Å². The minimum atomic E-state index is -0.585. The third-order valence-corrected chi connectivity index (χ3v) is 3.61. The van der Waals surface area contributed by atoms with E-state index in [1.54, 1.807) is 56.8 Å². The molecule has 0 radical (unpaired) electrons. The highest BCUT2D eigenvalue weighted by Crippen LogP contribution is 2.16. The lowest BCUT2D eigenvalue weighted by Crippen LogP contribution is -2.35. The van der Waals surface area contributed by atoms with Crippen LogP contribution in [0.2, 0.25) is 0 Å². The van der Waals surface area contributed by atoms with Gasteiger partial charge in [0.05, 0.1) is 5.69 Å². The summed E-state index contributed by atoms with van der Waals surface area (Å²) in [6, 6.07) is 4.78. The fraction of sp³-hybridized carbons (Fsp3) is 0.421. The number of carbonyl (C=O) groups is 2. The lowest BCUT2D eigenvalue weighted by atomic mass is 10.2. The molecule has 2 amide bonds. The molecule has 0 spiro atoms. The van der Waals surface area contributed by atoms with Crippen molar-refractivity contribution in [3.63, 3.8) is 0 Å². The first-order chi connectivity index (χ1) is 12.7. The van der Waals surface area contributed by atoms with E-state index in [1.807, 2.05) is 0 Å². The number of imidazole rings is 1. The molecule has 0 saturated heterocycles. The van der Waals surface area contributed by atoms with Crippen molar-refractivity contribution in [3.8, 4) is 5.69 Å². The number of halogens is 1. The molecule has 0 fully saturated rings. The normalized spacial score (nSPS) is 11.1. The van der Waals surface area contributed by atoms with E-state index in [2.05, 4.69) is 15.6 Å². The summed E-state index contributed by atoms with van der Waals surface area (Å²) >= 11 is 0. The monoisotopic (exact) mass is 376 g/mol. The molecule has 1 heterocycles. The van der Waals surface area contributed by atoms with Crippen LogP contribution in [0.5, 0.6) is 0 Å². The Kier molecular flexibility index (Phi) is 6.55. The van der Waals surface area contributed by atoms with E-state index in [4.69, 9.17) is 4.74 Å². The highest BCUT2D eigenvalue weighted by molar-refractivity contribution is 5.77. The topological polar surface area (TPSA) is 85.3 Å². The van der Waals surface area contributed by atoms with E-state index < -0.39 is 17.5 Å². The Morgan fingerprint density at radius 2 is 2.00 bits per heavy atom. The van der Waals surface area contributed by atoms with Gasteiger partial charge in [-0.25, -0.2) is 14.2 Å². The number of benzene rings is 1. The zero-order valence-corrected chi connectivity index (χ0v) is 16.0.